The minimum Gasteiger partial charge on any atom is -0.352 e. The zero-order valence-electron chi connectivity index (χ0n) is 10.8. The van der Waals surface area contributed by atoms with Crippen LogP contribution in [-0.2, 0) is 0 Å². The summed E-state index contributed by atoms with van der Waals surface area (Å²) in [6.07, 6.45) is 0.725. The highest BCUT2D eigenvalue weighted by Gasteiger charge is 2.07. The molecular formula is C16H18N2O. The molecule has 0 aliphatic heterocycles. The van der Waals surface area contributed by atoms with E-state index < -0.39 is 0 Å². The van der Waals surface area contributed by atoms with Gasteiger partial charge in [0.15, 0.2) is 0 Å². The fraction of sp³-hybridized carbons (Fsp3) is 0.188. The molecule has 19 heavy (non-hydrogen) atoms. The van der Waals surface area contributed by atoms with E-state index in [1.165, 1.54) is 0 Å². The first-order valence-corrected chi connectivity index (χ1v) is 6.41. The molecule has 2 aromatic carbocycles. The number of hydrogen-bond donors (Lipinski definition) is 2. The van der Waals surface area contributed by atoms with Gasteiger partial charge in [-0.3, -0.25) is 4.79 Å². The van der Waals surface area contributed by atoms with Crippen molar-refractivity contribution in [2.45, 2.75) is 12.5 Å². The lowest BCUT2D eigenvalue weighted by Crippen LogP contribution is -2.27. The predicted molar refractivity (Wildman–Crippen MR) is 76.8 cm³/mol. The Kier molecular flexibility index (Phi) is 4.70. The average Bonchev–Trinajstić information content (AvgIpc) is 2.49. The first-order valence-electron chi connectivity index (χ1n) is 6.41. The Morgan fingerprint density at radius 2 is 1.58 bits per heavy atom. The van der Waals surface area contributed by atoms with Gasteiger partial charge in [-0.15, -0.1) is 0 Å². The van der Waals surface area contributed by atoms with Gasteiger partial charge in [0, 0.05) is 18.2 Å². The number of rotatable bonds is 5. The smallest absolute Gasteiger partial charge is 0.251 e. The number of hydrogen-bond acceptors (Lipinski definition) is 2. The van der Waals surface area contributed by atoms with Crippen LogP contribution in [0.25, 0.3) is 0 Å². The van der Waals surface area contributed by atoms with Crippen molar-refractivity contribution in [2.24, 2.45) is 5.73 Å². The van der Waals surface area contributed by atoms with E-state index in [2.05, 4.69) is 5.32 Å². The van der Waals surface area contributed by atoms with Gasteiger partial charge >= 0.3 is 0 Å². The van der Waals surface area contributed by atoms with Crippen LogP contribution in [0, 0.1) is 0 Å². The van der Waals surface area contributed by atoms with Crippen molar-refractivity contribution in [3.63, 3.8) is 0 Å². The van der Waals surface area contributed by atoms with E-state index in [9.17, 15) is 4.79 Å². The molecule has 3 heteroatoms. The Hall–Kier alpha value is -2.13. The highest BCUT2D eigenvalue weighted by atomic mass is 16.1. The second-order valence-corrected chi connectivity index (χ2v) is 4.43. The van der Waals surface area contributed by atoms with Gasteiger partial charge in [0.25, 0.3) is 5.91 Å². The maximum atomic E-state index is 11.8. The van der Waals surface area contributed by atoms with Crippen molar-refractivity contribution >= 4 is 5.91 Å². The van der Waals surface area contributed by atoms with E-state index in [0.29, 0.717) is 12.1 Å². The fourth-order valence-electron chi connectivity index (χ4n) is 1.90. The standard InChI is InChI=1S/C16H18N2O/c17-15(13-7-3-1-4-8-13)11-12-18-16(19)14-9-5-2-6-10-14/h1-10,15H,11-12,17H2,(H,18,19). The second-order valence-electron chi connectivity index (χ2n) is 4.43. The summed E-state index contributed by atoms with van der Waals surface area (Å²) in [6, 6.07) is 19.1. The highest BCUT2D eigenvalue weighted by Crippen LogP contribution is 2.12. The minimum atomic E-state index is -0.0548. The van der Waals surface area contributed by atoms with Crippen molar-refractivity contribution in [2.75, 3.05) is 6.54 Å². The molecule has 1 amide bonds. The molecule has 0 radical (unpaired) electrons. The second kappa shape index (κ2) is 6.71. The Balaban J connectivity index is 1.79. The predicted octanol–water partition coefficient (Wildman–Crippen LogP) is 2.51. The summed E-state index contributed by atoms with van der Waals surface area (Å²) in [5, 5.41) is 2.88. The average molecular weight is 254 g/mol. The Bertz CT molecular complexity index is 511. The molecule has 0 bridgehead atoms. The molecule has 2 aromatic rings. The first-order chi connectivity index (χ1) is 9.27. The Labute approximate surface area is 113 Å². The van der Waals surface area contributed by atoms with E-state index in [1.54, 1.807) is 12.1 Å². The van der Waals surface area contributed by atoms with Gasteiger partial charge in [-0.25, -0.2) is 0 Å². The van der Waals surface area contributed by atoms with Crippen molar-refractivity contribution in [3.05, 3.63) is 71.8 Å². The molecular weight excluding hydrogens is 236 g/mol. The minimum absolute atomic E-state index is 0.0442. The molecule has 98 valence electrons. The third kappa shape index (κ3) is 3.93. The Morgan fingerprint density at radius 3 is 2.21 bits per heavy atom. The number of benzene rings is 2. The molecule has 3 nitrogen and oxygen atoms in total. The number of nitrogens with two attached hydrogens (primary N) is 1. The van der Waals surface area contributed by atoms with Gasteiger partial charge in [0.2, 0.25) is 0 Å². The first kappa shape index (κ1) is 13.3. The summed E-state index contributed by atoms with van der Waals surface area (Å²) in [5.74, 6) is -0.0548. The summed E-state index contributed by atoms with van der Waals surface area (Å²) in [7, 11) is 0. The SMILES string of the molecule is NC(CCNC(=O)c1ccccc1)c1ccccc1. The van der Waals surface area contributed by atoms with Gasteiger partial charge in [0.05, 0.1) is 0 Å². The molecule has 1 atom stereocenters. The third-order valence-corrected chi connectivity index (χ3v) is 3.00. The van der Waals surface area contributed by atoms with Crippen LogP contribution in [0.15, 0.2) is 60.7 Å². The van der Waals surface area contributed by atoms with E-state index in [0.717, 1.165) is 12.0 Å². The maximum absolute atomic E-state index is 11.8. The number of carbonyl (C=O) groups is 1. The highest BCUT2D eigenvalue weighted by molar-refractivity contribution is 5.94. The molecule has 1 unspecified atom stereocenters. The Morgan fingerprint density at radius 1 is 1.00 bits per heavy atom. The molecule has 0 fully saturated rings. The van der Waals surface area contributed by atoms with Crippen molar-refractivity contribution in [1.29, 1.82) is 0 Å². The maximum Gasteiger partial charge on any atom is 0.251 e. The number of nitrogens with one attached hydrogen (secondary N) is 1. The summed E-state index contributed by atoms with van der Waals surface area (Å²) >= 11 is 0. The molecule has 0 saturated carbocycles. The largest absolute Gasteiger partial charge is 0.352 e. The summed E-state index contributed by atoms with van der Waals surface area (Å²) < 4.78 is 0. The monoisotopic (exact) mass is 254 g/mol. The molecule has 2 rings (SSSR count). The third-order valence-electron chi connectivity index (χ3n) is 3.00. The van der Waals surface area contributed by atoms with E-state index in [-0.39, 0.29) is 11.9 Å². The molecule has 0 aliphatic rings. The fourth-order valence-corrected chi connectivity index (χ4v) is 1.90. The normalized spacial score (nSPS) is 11.8. The van der Waals surface area contributed by atoms with Gasteiger partial charge in [-0.2, -0.15) is 0 Å². The van der Waals surface area contributed by atoms with Crippen LogP contribution in [0.3, 0.4) is 0 Å². The zero-order chi connectivity index (χ0) is 13.5. The molecule has 0 saturated heterocycles. The van der Waals surface area contributed by atoms with Gasteiger partial charge in [-0.05, 0) is 24.1 Å². The van der Waals surface area contributed by atoms with Crippen LogP contribution >= 0.6 is 0 Å². The number of amides is 1. The molecule has 3 N–H and O–H groups in total. The van der Waals surface area contributed by atoms with Crippen molar-refractivity contribution in [1.82, 2.24) is 5.32 Å². The zero-order valence-corrected chi connectivity index (χ0v) is 10.8. The van der Waals surface area contributed by atoms with Gasteiger partial charge < -0.3 is 11.1 Å². The van der Waals surface area contributed by atoms with E-state index >= 15 is 0 Å². The van der Waals surface area contributed by atoms with Gasteiger partial charge in [0.1, 0.15) is 0 Å². The summed E-state index contributed by atoms with van der Waals surface area (Å²) in [5.41, 5.74) is 7.84. The van der Waals surface area contributed by atoms with Crippen LogP contribution in [0.1, 0.15) is 28.4 Å². The van der Waals surface area contributed by atoms with Crippen LogP contribution in [-0.4, -0.2) is 12.5 Å². The van der Waals surface area contributed by atoms with E-state index in [1.807, 2.05) is 48.5 Å². The van der Waals surface area contributed by atoms with Crippen LogP contribution < -0.4 is 11.1 Å². The quantitative estimate of drug-likeness (QED) is 0.861. The summed E-state index contributed by atoms with van der Waals surface area (Å²) in [4.78, 5) is 11.8. The van der Waals surface area contributed by atoms with Crippen LogP contribution in [0.4, 0.5) is 0 Å². The lowest BCUT2D eigenvalue weighted by molar-refractivity contribution is 0.0952. The van der Waals surface area contributed by atoms with Crippen LogP contribution in [0.2, 0.25) is 0 Å². The molecule has 0 aliphatic carbocycles. The van der Waals surface area contributed by atoms with E-state index in [4.69, 9.17) is 5.73 Å². The number of carbonyl (C=O) groups excluding carboxylic acids is 1. The summed E-state index contributed by atoms with van der Waals surface area (Å²) in [6.45, 7) is 0.573. The molecule has 0 heterocycles. The molecule has 0 spiro atoms. The van der Waals surface area contributed by atoms with Crippen molar-refractivity contribution in [3.8, 4) is 0 Å². The van der Waals surface area contributed by atoms with Crippen molar-refractivity contribution < 1.29 is 4.79 Å². The lowest BCUT2D eigenvalue weighted by Gasteiger charge is -2.12. The van der Waals surface area contributed by atoms with Gasteiger partial charge in [-0.1, -0.05) is 48.5 Å². The molecule has 0 aromatic heterocycles. The van der Waals surface area contributed by atoms with Crippen LogP contribution in [0.5, 0.6) is 0 Å². The lowest BCUT2D eigenvalue weighted by atomic mass is 10.1. The topological polar surface area (TPSA) is 55.1 Å².